The maximum atomic E-state index is 11.7. The Kier molecular flexibility index (Phi) is 8.45. The largest absolute Gasteiger partial charge is 0.472 e. The van der Waals surface area contributed by atoms with Crippen molar-refractivity contribution in [3.8, 4) is 22.6 Å². The maximum Gasteiger partial charge on any atom is 0.238 e. The van der Waals surface area contributed by atoms with Crippen LogP contribution in [-0.2, 0) is 42.9 Å². The summed E-state index contributed by atoms with van der Waals surface area (Å²) < 4.78 is 46.6. The Morgan fingerprint density at radius 3 is 2.39 bits per heavy atom. The van der Waals surface area contributed by atoms with Crippen LogP contribution in [0.4, 0.5) is 0 Å². The van der Waals surface area contributed by atoms with Crippen LogP contribution in [-0.4, -0.2) is 49.8 Å². The lowest BCUT2D eigenvalue weighted by Crippen LogP contribution is -2.36. The number of nitrogens with zero attached hydrogens (tertiary/aromatic N) is 3. The molecular formula is C29H30N4O7S. The molecule has 1 saturated heterocycles. The van der Waals surface area contributed by atoms with Gasteiger partial charge in [-0.2, -0.15) is 0 Å². The fraction of sp³-hybridized carbons (Fsp3) is 0.276. The van der Waals surface area contributed by atoms with E-state index in [1.807, 2.05) is 48.5 Å². The summed E-state index contributed by atoms with van der Waals surface area (Å²) in [5, 5.41) is 18.2. The lowest BCUT2D eigenvalue weighted by molar-refractivity contribution is -0.0974. The number of primary sulfonamides is 1. The molecule has 1 aliphatic rings. The number of oxazole rings is 1. The lowest BCUT2D eigenvalue weighted by Gasteiger charge is -2.35. The van der Waals surface area contributed by atoms with Gasteiger partial charge in [-0.3, -0.25) is 4.98 Å². The molecule has 2 aromatic heterocycles. The highest BCUT2D eigenvalue weighted by molar-refractivity contribution is 7.89. The summed E-state index contributed by atoms with van der Waals surface area (Å²) in [4.78, 5) is 9.36. The number of nitrogens with two attached hydrogens (primary N) is 1. The number of benzene rings is 2. The normalized spacial score (nSPS) is 15.5. The van der Waals surface area contributed by atoms with Crippen molar-refractivity contribution in [1.29, 1.82) is 0 Å². The first-order valence-corrected chi connectivity index (χ1v) is 14.5. The zero-order valence-electron chi connectivity index (χ0n) is 22.4. The molecule has 5 rings (SSSR count). The van der Waals surface area contributed by atoms with Gasteiger partial charge in [-0.1, -0.05) is 41.6 Å². The Balaban J connectivity index is 1.36. The van der Waals surface area contributed by atoms with Crippen molar-refractivity contribution < 1.29 is 32.3 Å². The molecule has 214 valence electrons. The summed E-state index contributed by atoms with van der Waals surface area (Å²) in [5.41, 5.74) is 2.84. The summed E-state index contributed by atoms with van der Waals surface area (Å²) in [6.45, 7) is 1.24. The first kappa shape index (κ1) is 28.4. The van der Waals surface area contributed by atoms with Crippen molar-refractivity contribution in [2.75, 3.05) is 20.3 Å². The molecule has 0 aliphatic carbocycles. The highest BCUT2D eigenvalue weighted by atomic mass is 32.2. The summed E-state index contributed by atoms with van der Waals surface area (Å²) in [6, 6.07) is 21.0. The van der Waals surface area contributed by atoms with E-state index in [4.69, 9.17) is 28.8 Å². The number of methoxy groups -OCH3 is 1. The Morgan fingerprint density at radius 2 is 1.73 bits per heavy atom. The Labute approximate surface area is 237 Å². The average molecular weight is 579 g/mol. The third kappa shape index (κ3) is 6.46. The molecule has 3 heterocycles. The third-order valence-corrected chi connectivity index (χ3v) is 7.86. The highest BCUT2D eigenvalue weighted by Gasteiger charge is 2.36. The first-order valence-electron chi connectivity index (χ1n) is 12.9. The van der Waals surface area contributed by atoms with Gasteiger partial charge in [0.05, 0.1) is 16.3 Å². The van der Waals surface area contributed by atoms with Crippen LogP contribution in [0.5, 0.6) is 0 Å². The summed E-state index contributed by atoms with van der Waals surface area (Å²) in [7, 11) is -2.17. The second-order valence-corrected chi connectivity index (χ2v) is 11.1. The van der Waals surface area contributed by atoms with Gasteiger partial charge in [0.25, 0.3) is 0 Å². The van der Waals surface area contributed by atoms with E-state index in [0.717, 1.165) is 11.3 Å². The smallest absolute Gasteiger partial charge is 0.238 e. The number of pyridine rings is 1. The van der Waals surface area contributed by atoms with Gasteiger partial charge in [0, 0.05) is 44.3 Å². The standard InChI is InChI=1S/C29H30N4O7S/c1-37-29(14-16-38-17-15-29)24-9-5-8-22(31-24)19-39-26(33-34)18-25-32-27(20-6-3-2-4-7-20)28(40-25)21-10-12-23(13-11-21)41(30,35)36/h2-13,34H,14-19H2,1H3,(H2,30,35,36). The molecule has 0 radical (unpaired) electrons. The van der Waals surface area contributed by atoms with Crippen LogP contribution in [0, 0.1) is 0 Å². The first-order chi connectivity index (χ1) is 19.8. The Morgan fingerprint density at radius 1 is 1.00 bits per heavy atom. The molecule has 3 N–H and O–H groups in total. The fourth-order valence-electron chi connectivity index (χ4n) is 4.70. The second kappa shape index (κ2) is 12.2. The van der Waals surface area contributed by atoms with Crippen LogP contribution >= 0.6 is 0 Å². The monoisotopic (exact) mass is 578 g/mol. The molecule has 2 aromatic carbocycles. The molecule has 12 heteroatoms. The van der Waals surface area contributed by atoms with Crippen molar-refractivity contribution in [3.63, 3.8) is 0 Å². The van der Waals surface area contributed by atoms with E-state index < -0.39 is 15.6 Å². The van der Waals surface area contributed by atoms with Gasteiger partial charge in [0.15, 0.2) is 5.76 Å². The average Bonchev–Trinajstić information content (AvgIpc) is 3.43. The van der Waals surface area contributed by atoms with Crippen molar-refractivity contribution in [1.82, 2.24) is 9.97 Å². The number of hydrogen-bond acceptors (Lipinski definition) is 10. The summed E-state index contributed by atoms with van der Waals surface area (Å²) in [6.07, 6.45) is 1.36. The predicted octanol–water partition coefficient (Wildman–Crippen LogP) is 4.25. The predicted molar refractivity (Wildman–Crippen MR) is 149 cm³/mol. The molecule has 0 amide bonds. The van der Waals surface area contributed by atoms with Crippen LogP contribution in [0.1, 0.15) is 30.1 Å². The van der Waals surface area contributed by atoms with E-state index >= 15 is 0 Å². The quantitative estimate of drug-likeness (QED) is 0.128. The van der Waals surface area contributed by atoms with Crippen molar-refractivity contribution >= 4 is 15.9 Å². The number of oxime groups is 1. The van der Waals surface area contributed by atoms with Gasteiger partial charge >= 0.3 is 0 Å². The van der Waals surface area contributed by atoms with E-state index in [2.05, 4.69) is 10.1 Å². The molecule has 11 nitrogen and oxygen atoms in total. The summed E-state index contributed by atoms with van der Waals surface area (Å²) in [5.74, 6) is 0.645. The fourth-order valence-corrected chi connectivity index (χ4v) is 5.22. The SMILES string of the molecule is COC1(c2cccc(COC(Cc3nc(-c4ccccc4)c(-c4ccc(S(N)(=O)=O)cc4)o3)=NO)n2)CCOCC1. The van der Waals surface area contributed by atoms with Crippen molar-refractivity contribution in [2.45, 2.75) is 36.4 Å². The lowest BCUT2D eigenvalue weighted by atomic mass is 9.90. The minimum absolute atomic E-state index is 0.0123. The Bertz CT molecular complexity index is 1610. The van der Waals surface area contributed by atoms with Crippen LogP contribution in [0.3, 0.4) is 0 Å². The van der Waals surface area contributed by atoms with Crippen LogP contribution < -0.4 is 5.14 Å². The zero-order chi connectivity index (χ0) is 28.9. The second-order valence-electron chi connectivity index (χ2n) is 9.50. The molecule has 0 atom stereocenters. The van der Waals surface area contributed by atoms with E-state index in [9.17, 15) is 13.6 Å². The van der Waals surface area contributed by atoms with Gasteiger partial charge < -0.3 is 23.8 Å². The molecule has 0 saturated carbocycles. The minimum atomic E-state index is -3.85. The van der Waals surface area contributed by atoms with Crippen molar-refractivity contribution in [3.05, 3.63) is 90.1 Å². The van der Waals surface area contributed by atoms with Crippen LogP contribution in [0.25, 0.3) is 22.6 Å². The number of ether oxygens (including phenoxy) is 3. The molecule has 0 unspecified atom stereocenters. The van der Waals surface area contributed by atoms with E-state index in [-0.39, 0.29) is 29.7 Å². The van der Waals surface area contributed by atoms with E-state index in [0.29, 0.717) is 48.8 Å². The van der Waals surface area contributed by atoms with Gasteiger partial charge in [0.2, 0.25) is 21.8 Å². The van der Waals surface area contributed by atoms with Crippen molar-refractivity contribution in [2.24, 2.45) is 10.3 Å². The van der Waals surface area contributed by atoms with Gasteiger partial charge in [0.1, 0.15) is 24.3 Å². The van der Waals surface area contributed by atoms with E-state index in [1.54, 1.807) is 19.2 Å². The number of sulfonamides is 1. The molecule has 0 bridgehead atoms. The van der Waals surface area contributed by atoms with Gasteiger partial charge in [-0.05, 0) is 36.4 Å². The molecular weight excluding hydrogens is 548 g/mol. The number of hydrogen-bond donors (Lipinski definition) is 2. The maximum absolute atomic E-state index is 11.7. The van der Waals surface area contributed by atoms with Gasteiger partial charge in [-0.25, -0.2) is 18.5 Å². The molecule has 4 aromatic rings. The zero-order valence-corrected chi connectivity index (χ0v) is 23.2. The number of rotatable bonds is 9. The highest BCUT2D eigenvalue weighted by Crippen LogP contribution is 2.35. The molecule has 0 spiro atoms. The van der Waals surface area contributed by atoms with Gasteiger partial charge in [-0.15, -0.1) is 0 Å². The van der Waals surface area contributed by atoms with Crippen LogP contribution in [0.2, 0.25) is 0 Å². The number of aromatic nitrogens is 2. The summed E-state index contributed by atoms with van der Waals surface area (Å²) >= 11 is 0. The third-order valence-electron chi connectivity index (χ3n) is 6.93. The van der Waals surface area contributed by atoms with E-state index in [1.165, 1.54) is 12.1 Å². The Hall–Kier alpha value is -4.10. The molecule has 1 aliphatic heterocycles. The van der Waals surface area contributed by atoms with Crippen LogP contribution in [0.15, 0.2) is 87.3 Å². The molecule has 1 fully saturated rings. The molecule has 41 heavy (non-hydrogen) atoms. The topological polar surface area (TPSA) is 159 Å². The minimum Gasteiger partial charge on any atom is -0.472 e.